The van der Waals surface area contributed by atoms with Crippen LogP contribution in [0, 0.1) is 5.21 Å². The lowest BCUT2D eigenvalue weighted by Crippen LogP contribution is -2.35. The van der Waals surface area contributed by atoms with Crippen LogP contribution in [-0.2, 0) is 6.42 Å². The first-order chi connectivity index (χ1) is 6.86. The predicted molar refractivity (Wildman–Crippen MR) is 52.4 cm³/mol. The Kier molecular flexibility index (Phi) is 2.40. The summed E-state index contributed by atoms with van der Waals surface area (Å²) in [6.07, 6.45) is 2.11. The lowest BCUT2D eigenvalue weighted by atomic mass is 10.1. The Hall–Kier alpha value is -1.90. The second-order valence-electron chi connectivity index (χ2n) is 3.05. The third kappa shape index (κ3) is 1.88. The highest BCUT2D eigenvalue weighted by atomic mass is 16.5. The summed E-state index contributed by atoms with van der Waals surface area (Å²) in [6, 6.07) is 13.4. The molecule has 2 rings (SSSR count). The first-order valence-electron chi connectivity index (χ1n) is 4.44. The number of rotatable bonds is 2. The average Bonchev–Trinajstić information content (AvgIpc) is 2.23. The van der Waals surface area contributed by atoms with Crippen LogP contribution < -0.4 is 4.85 Å². The highest BCUT2D eigenvalue weighted by molar-refractivity contribution is 5.19. The molecular formula is C11H10N2O. The molecule has 1 heterocycles. The van der Waals surface area contributed by atoms with Crippen LogP contribution >= 0.6 is 0 Å². The lowest BCUT2D eigenvalue weighted by molar-refractivity contribution is -0.676. The van der Waals surface area contributed by atoms with E-state index in [0.717, 1.165) is 5.56 Å². The zero-order valence-corrected chi connectivity index (χ0v) is 7.63. The van der Waals surface area contributed by atoms with Crippen molar-refractivity contribution in [2.45, 2.75) is 6.42 Å². The van der Waals surface area contributed by atoms with E-state index in [1.807, 2.05) is 30.3 Å². The fraction of sp³-hybridized carbons (Fsp3) is 0.0909. The third-order valence-electron chi connectivity index (χ3n) is 2.02. The molecule has 0 fully saturated rings. The minimum Gasteiger partial charge on any atom is -0.594 e. The molecule has 1 aromatic carbocycles. The van der Waals surface area contributed by atoms with Crippen molar-refractivity contribution in [3.05, 3.63) is 65.1 Å². The first kappa shape index (κ1) is 8.69. The zero-order valence-electron chi connectivity index (χ0n) is 7.63. The Morgan fingerprint density at radius 1 is 1.07 bits per heavy atom. The van der Waals surface area contributed by atoms with E-state index in [2.05, 4.69) is 5.10 Å². The number of nitrogens with zero attached hydrogens (tertiary/aromatic N) is 2. The molecule has 2 aromatic rings. The third-order valence-corrected chi connectivity index (χ3v) is 2.02. The Morgan fingerprint density at radius 3 is 2.57 bits per heavy atom. The van der Waals surface area contributed by atoms with Crippen molar-refractivity contribution in [3.63, 3.8) is 0 Å². The second-order valence-corrected chi connectivity index (χ2v) is 3.05. The fourth-order valence-electron chi connectivity index (χ4n) is 1.32. The van der Waals surface area contributed by atoms with Crippen molar-refractivity contribution in [2.75, 3.05) is 0 Å². The van der Waals surface area contributed by atoms with Gasteiger partial charge in [-0.15, -0.1) is 0 Å². The van der Waals surface area contributed by atoms with Crippen molar-refractivity contribution in [1.82, 2.24) is 5.10 Å². The van der Waals surface area contributed by atoms with Gasteiger partial charge in [0.15, 0.2) is 0 Å². The van der Waals surface area contributed by atoms with Gasteiger partial charge in [0.25, 0.3) is 0 Å². The Bertz CT molecular complexity index is 415. The number of hydrogen-bond donors (Lipinski definition) is 0. The molecule has 0 radical (unpaired) electrons. The molecule has 0 saturated carbocycles. The standard InChI is InChI=1S/C11H10N2O/c14-13-11(7-4-8-12-13)9-10-5-2-1-3-6-10/h1-8H,9H2. The average molecular weight is 186 g/mol. The van der Waals surface area contributed by atoms with Crippen LogP contribution in [0.1, 0.15) is 11.3 Å². The van der Waals surface area contributed by atoms with Crippen LogP contribution in [0.5, 0.6) is 0 Å². The monoisotopic (exact) mass is 186 g/mol. The fourth-order valence-corrected chi connectivity index (χ4v) is 1.32. The maximum absolute atomic E-state index is 11.2. The summed E-state index contributed by atoms with van der Waals surface area (Å²) in [6.45, 7) is 0. The molecule has 0 bridgehead atoms. The van der Waals surface area contributed by atoms with Gasteiger partial charge in [0.2, 0.25) is 5.69 Å². The summed E-state index contributed by atoms with van der Waals surface area (Å²) in [5.41, 5.74) is 1.78. The van der Waals surface area contributed by atoms with E-state index >= 15 is 0 Å². The molecule has 0 aliphatic heterocycles. The highest BCUT2D eigenvalue weighted by Crippen LogP contribution is 2.04. The Balaban J connectivity index is 2.24. The summed E-state index contributed by atoms with van der Waals surface area (Å²) >= 11 is 0. The minimum atomic E-state index is 0.623. The molecule has 70 valence electrons. The molecule has 0 saturated heterocycles. The number of benzene rings is 1. The summed E-state index contributed by atoms with van der Waals surface area (Å²) < 4.78 is 0. The normalized spacial score (nSPS) is 10.0. The van der Waals surface area contributed by atoms with Gasteiger partial charge in [-0.05, 0) is 11.6 Å². The van der Waals surface area contributed by atoms with Crippen LogP contribution in [-0.4, -0.2) is 5.10 Å². The highest BCUT2D eigenvalue weighted by Gasteiger charge is 2.05. The van der Waals surface area contributed by atoms with Gasteiger partial charge in [0.1, 0.15) is 0 Å². The molecule has 0 aliphatic carbocycles. The van der Waals surface area contributed by atoms with Gasteiger partial charge in [0.05, 0.1) is 12.6 Å². The smallest absolute Gasteiger partial charge is 0.226 e. The molecule has 0 spiro atoms. The second kappa shape index (κ2) is 3.87. The molecule has 1 aromatic heterocycles. The molecule has 0 aliphatic rings. The van der Waals surface area contributed by atoms with Crippen LogP contribution in [0.3, 0.4) is 0 Å². The van der Waals surface area contributed by atoms with E-state index in [0.29, 0.717) is 17.0 Å². The van der Waals surface area contributed by atoms with E-state index in [1.54, 1.807) is 12.1 Å². The van der Waals surface area contributed by atoms with Gasteiger partial charge < -0.3 is 5.21 Å². The maximum Gasteiger partial charge on any atom is 0.226 e. The molecular weight excluding hydrogens is 176 g/mol. The van der Waals surface area contributed by atoms with Crippen molar-refractivity contribution < 1.29 is 4.85 Å². The summed E-state index contributed by atoms with van der Waals surface area (Å²) in [7, 11) is 0. The quantitative estimate of drug-likeness (QED) is 0.524. The SMILES string of the molecule is [O-][n+]1ncccc1Cc1ccccc1. The Labute approximate surface area is 82.2 Å². The number of hydrogen-bond acceptors (Lipinski definition) is 2. The van der Waals surface area contributed by atoms with E-state index < -0.39 is 0 Å². The van der Waals surface area contributed by atoms with Crippen molar-refractivity contribution in [3.8, 4) is 0 Å². The van der Waals surface area contributed by atoms with Crippen molar-refractivity contribution in [1.29, 1.82) is 0 Å². The van der Waals surface area contributed by atoms with E-state index in [4.69, 9.17) is 0 Å². The van der Waals surface area contributed by atoms with Gasteiger partial charge in [-0.3, -0.25) is 0 Å². The molecule has 0 amide bonds. The minimum absolute atomic E-state index is 0.623. The first-order valence-corrected chi connectivity index (χ1v) is 4.44. The molecule has 0 N–H and O–H groups in total. The van der Waals surface area contributed by atoms with Gasteiger partial charge in [0, 0.05) is 11.2 Å². The Morgan fingerprint density at radius 2 is 1.86 bits per heavy atom. The van der Waals surface area contributed by atoms with Gasteiger partial charge in [-0.25, -0.2) is 0 Å². The van der Waals surface area contributed by atoms with E-state index in [9.17, 15) is 5.21 Å². The number of aromatic nitrogens is 2. The molecule has 14 heavy (non-hydrogen) atoms. The van der Waals surface area contributed by atoms with Crippen molar-refractivity contribution in [2.24, 2.45) is 0 Å². The zero-order chi connectivity index (χ0) is 9.80. The van der Waals surface area contributed by atoms with E-state index in [-0.39, 0.29) is 0 Å². The van der Waals surface area contributed by atoms with E-state index in [1.165, 1.54) is 6.20 Å². The molecule has 3 nitrogen and oxygen atoms in total. The van der Waals surface area contributed by atoms with Gasteiger partial charge in [-0.1, -0.05) is 35.2 Å². The molecule has 0 unspecified atom stereocenters. The lowest BCUT2D eigenvalue weighted by Gasteiger charge is -2.00. The van der Waals surface area contributed by atoms with Crippen LogP contribution in [0.2, 0.25) is 0 Å². The van der Waals surface area contributed by atoms with Gasteiger partial charge in [-0.2, -0.15) is 0 Å². The molecule has 3 heteroatoms. The van der Waals surface area contributed by atoms with Crippen LogP contribution in [0.15, 0.2) is 48.7 Å². The van der Waals surface area contributed by atoms with Crippen LogP contribution in [0.25, 0.3) is 0 Å². The summed E-state index contributed by atoms with van der Waals surface area (Å²) in [5, 5.41) is 14.9. The maximum atomic E-state index is 11.2. The topological polar surface area (TPSA) is 39.8 Å². The van der Waals surface area contributed by atoms with Gasteiger partial charge >= 0.3 is 0 Å². The summed E-state index contributed by atoms with van der Waals surface area (Å²) in [4.78, 5) is 0.660. The summed E-state index contributed by atoms with van der Waals surface area (Å²) in [5.74, 6) is 0. The largest absolute Gasteiger partial charge is 0.594 e. The van der Waals surface area contributed by atoms with Crippen molar-refractivity contribution >= 4 is 0 Å². The predicted octanol–water partition coefficient (Wildman–Crippen LogP) is 1.31. The molecule has 0 atom stereocenters. The van der Waals surface area contributed by atoms with Crippen LogP contribution in [0.4, 0.5) is 0 Å².